The Morgan fingerprint density at radius 1 is 0.944 bits per heavy atom. The predicted molar refractivity (Wildman–Crippen MR) is 118 cm³/mol. The molecule has 0 amide bonds. The normalized spacial score (nSPS) is 18.5. The van der Waals surface area contributed by atoms with Gasteiger partial charge in [-0.25, -0.2) is 0 Å². The molecule has 2 heterocycles. The van der Waals surface area contributed by atoms with Gasteiger partial charge in [0.1, 0.15) is 16.4 Å². The van der Waals surface area contributed by atoms with Crippen molar-refractivity contribution in [2.75, 3.05) is 0 Å². The number of benzene rings is 2. The highest BCUT2D eigenvalue weighted by Crippen LogP contribution is 2.42. The molecule has 0 radical (unpaired) electrons. The highest BCUT2D eigenvalue weighted by Gasteiger charge is 2.43. The first-order valence-electron chi connectivity index (χ1n) is 10.1. The lowest BCUT2D eigenvalue weighted by atomic mass is 9.77. The van der Waals surface area contributed by atoms with Crippen LogP contribution in [0.2, 0.25) is 0 Å². The second-order valence-corrected chi connectivity index (χ2v) is 8.75. The van der Waals surface area contributed by atoms with Crippen molar-refractivity contribution >= 4 is 28.8 Å². The first kappa shape index (κ1) is 24.9. The maximum absolute atomic E-state index is 13.7. The first-order chi connectivity index (χ1) is 16.9. The van der Waals surface area contributed by atoms with Crippen LogP contribution in [-0.2, 0) is 12.4 Å². The van der Waals surface area contributed by atoms with Crippen molar-refractivity contribution in [1.29, 1.82) is 15.9 Å². The predicted octanol–water partition coefficient (Wildman–Crippen LogP) is 4.21. The molecule has 1 aromatic heterocycles. The fraction of sp³-hybridized carbons (Fsp3) is 0.167. The molecule has 12 heteroatoms. The van der Waals surface area contributed by atoms with Gasteiger partial charge in [0.25, 0.3) is 5.56 Å². The smallest absolute Gasteiger partial charge is 0.287 e. The molecule has 0 saturated carbocycles. The molecule has 1 aliphatic heterocycles. The number of fused-ring (bicyclic) bond motifs is 1. The number of rotatable bonds is 2. The van der Waals surface area contributed by atoms with Crippen LogP contribution in [0.15, 0.2) is 53.3 Å². The lowest BCUT2D eigenvalue weighted by Gasteiger charge is -2.28. The maximum atomic E-state index is 13.7. The van der Waals surface area contributed by atoms with Crippen LogP contribution in [0.25, 0.3) is 11.6 Å². The summed E-state index contributed by atoms with van der Waals surface area (Å²) in [6, 6.07) is 12.3. The molecule has 36 heavy (non-hydrogen) atoms. The zero-order valence-electron chi connectivity index (χ0n) is 17.8. The van der Waals surface area contributed by atoms with Crippen molar-refractivity contribution in [2.45, 2.75) is 18.3 Å². The van der Waals surface area contributed by atoms with Gasteiger partial charge >= 0.3 is 12.4 Å². The molecule has 2 aromatic carbocycles. The molecule has 0 aliphatic carbocycles. The number of alkyl halides is 6. The van der Waals surface area contributed by atoms with Gasteiger partial charge in [-0.2, -0.15) is 36.9 Å². The van der Waals surface area contributed by atoms with E-state index in [-0.39, 0.29) is 20.3 Å². The molecule has 0 bridgehead atoms. The van der Waals surface area contributed by atoms with E-state index in [1.807, 2.05) is 0 Å². The number of nitrogens with one attached hydrogen (secondary N) is 1. The van der Waals surface area contributed by atoms with E-state index in [1.165, 1.54) is 18.2 Å². The minimum Gasteiger partial charge on any atom is -0.287 e. The van der Waals surface area contributed by atoms with Crippen LogP contribution in [-0.4, -0.2) is 10.4 Å². The van der Waals surface area contributed by atoms with Crippen LogP contribution in [0.5, 0.6) is 0 Å². The Morgan fingerprint density at radius 3 is 2.11 bits per heavy atom. The number of nitriles is 2. The first-order valence-corrected chi connectivity index (χ1v) is 10.9. The van der Waals surface area contributed by atoms with Gasteiger partial charge in [0, 0.05) is 5.92 Å². The minimum atomic E-state index is -4.83. The van der Waals surface area contributed by atoms with E-state index in [4.69, 9.17) is 5.41 Å². The number of hydrogen-bond donors (Lipinski definition) is 1. The second kappa shape index (κ2) is 8.81. The van der Waals surface area contributed by atoms with Crippen molar-refractivity contribution in [3.63, 3.8) is 0 Å². The molecule has 1 N–H and O–H groups in total. The van der Waals surface area contributed by atoms with Crippen LogP contribution in [0.4, 0.5) is 26.3 Å². The van der Waals surface area contributed by atoms with Gasteiger partial charge in [0.05, 0.1) is 33.4 Å². The van der Waals surface area contributed by atoms with Gasteiger partial charge in [0.15, 0.2) is 0 Å². The average molecular weight is 518 g/mol. The molecule has 0 fully saturated rings. The topological polar surface area (TPSA) is 93.4 Å². The van der Waals surface area contributed by atoms with E-state index in [0.29, 0.717) is 15.9 Å². The molecule has 1 aliphatic rings. The largest absolute Gasteiger partial charge is 0.416 e. The van der Waals surface area contributed by atoms with Gasteiger partial charge in [-0.1, -0.05) is 36.4 Å². The standard InChI is InChI=1S/C24H12F6N4OS/c25-23(26,27)16-7-3-1-5-12(16)9-18-21(35)34-20(33)14(10-31)19(15(11-32)22(34)36-18)13-6-2-4-8-17(13)24(28,29)30/h1-9,14,19,33H/b18-9-,33-20?. The minimum absolute atomic E-state index is 0.211. The summed E-state index contributed by atoms with van der Waals surface area (Å²) in [4.78, 5) is 13.1. The molecule has 3 aromatic rings. The van der Waals surface area contributed by atoms with E-state index < -0.39 is 52.3 Å². The summed E-state index contributed by atoms with van der Waals surface area (Å²) in [6.07, 6.45) is -8.61. The molecule has 0 spiro atoms. The fourth-order valence-corrected chi connectivity index (χ4v) is 5.24. The van der Waals surface area contributed by atoms with Crippen LogP contribution < -0.4 is 14.8 Å². The fourth-order valence-electron chi connectivity index (χ4n) is 4.11. The van der Waals surface area contributed by atoms with E-state index in [1.54, 1.807) is 12.1 Å². The zero-order chi connectivity index (χ0) is 26.4. The van der Waals surface area contributed by atoms with Gasteiger partial charge in [0.2, 0.25) is 0 Å². The zero-order valence-corrected chi connectivity index (χ0v) is 18.6. The van der Waals surface area contributed by atoms with E-state index in [0.717, 1.165) is 36.4 Å². The molecule has 2 unspecified atom stereocenters. The van der Waals surface area contributed by atoms with Crippen LogP contribution >= 0.6 is 11.3 Å². The molecule has 5 nitrogen and oxygen atoms in total. The third-order valence-electron chi connectivity index (χ3n) is 5.65. The van der Waals surface area contributed by atoms with Crippen molar-refractivity contribution < 1.29 is 26.3 Å². The monoisotopic (exact) mass is 518 g/mol. The van der Waals surface area contributed by atoms with Crippen molar-refractivity contribution in [2.24, 2.45) is 5.92 Å². The Balaban J connectivity index is 2.07. The average Bonchev–Trinajstić information content (AvgIpc) is 3.14. The number of nitrogens with zero attached hydrogens (tertiary/aromatic N) is 3. The summed E-state index contributed by atoms with van der Waals surface area (Å²) in [7, 11) is 0. The Hall–Kier alpha value is -4.16. The number of hydrogen-bond acceptors (Lipinski definition) is 5. The Morgan fingerprint density at radius 2 is 1.53 bits per heavy atom. The summed E-state index contributed by atoms with van der Waals surface area (Å²) < 4.78 is 81.6. The number of halogens is 6. The van der Waals surface area contributed by atoms with Crippen LogP contribution in [0.3, 0.4) is 0 Å². The summed E-state index contributed by atoms with van der Waals surface area (Å²) in [5.41, 5.74) is -4.20. The van der Waals surface area contributed by atoms with Gasteiger partial charge < -0.3 is 0 Å². The maximum Gasteiger partial charge on any atom is 0.416 e. The summed E-state index contributed by atoms with van der Waals surface area (Å²) in [5.74, 6) is -3.81. The van der Waals surface area contributed by atoms with Gasteiger partial charge in [-0.15, -0.1) is 11.3 Å². The van der Waals surface area contributed by atoms with Crippen LogP contribution in [0, 0.1) is 34.0 Å². The van der Waals surface area contributed by atoms with Gasteiger partial charge in [-0.3, -0.25) is 14.8 Å². The highest BCUT2D eigenvalue weighted by molar-refractivity contribution is 7.07. The molecule has 182 valence electrons. The van der Waals surface area contributed by atoms with Crippen molar-refractivity contribution in [3.05, 3.63) is 90.3 Å². The van der Waals surface area contributed by atoms with E-state index >= 15 is 0 Å². The highest BCUT2D eigenvalue weighted by atomic mass is 32.1. The third kappa shape index (κ3) is 4.10. The summed E-state index contributed by atoms with van der Waals surface area (Å²) >= 11 is 0.573. The SMILES string of the molecule is N#CC1=c2s/c(=C\c3ccccc3C(F)(F)F)c(=O)n2C(=N)C(C#N)C1c1ccccc1C(F)(F)F. The van der Waals surface area contributed by atoms with Gasteiger partial charge in [-0.05, 0) is 29.3 Å². The molecule has 2 atom stereocenters. The number of thiazole rings is 1. The molecular formula is C24H12F6N4OS. The Labute approximate surface area is 202 Å². The quantitative estimate of drug-likeness (QED) is 0.515. The second-order valence-electron chi connectivity index (χ2n) is 7.72. The Bertz CT molecular complexity index is 1650. The number of aromatic nitrogens is 1. The summed E-state index contributed by atoms with van der Waals surface area (Å²) in [6.45, 7) is 0. The Kier molecular flexibility index (Phi) is 6.10. The summed E-state index contributed by atoms with van der Waals surface area (Å²) in [5, 5.41) is 28.1. The lowest BCUT2D eigenvalue weighted by Crippen LogP contribution is -2.46. The lowest BCUT2D eigenvalue weighted by molar-refractivity contribution is -0.138. The van der Waals surface area contributed by atoms with E-state index in [2.05, 4.69) is 0 Å². The van der Waals surface area contributed by atoms with Crippen molar-refractivity contribution in [3.8, 4) is 12.1 Å². The van der Waals surface area contributed by atoms with E-state index in [9.17, 15) is 41.7 Å². The molecular weight excluding hydrogens is 506 g/mol. The van der Waals surface area contributed by atoms with Crippen molar-refractivity contribution in [1.82, 2.24) is 4.57 Å². The molecule has 4 rings (SSSR count). The van der Waals surface area contributed by atoms with Crippen LogP contribution in [0.1, 0.15) is 28.2 Å². The third-order valence-corrected chi connectivity index (χ3v) is 6.76. The molecule has 0 saturated heterocycles.